The molecule has 144 valence electrons. The molecular weight excluding hydrogens is 346 g/mol. The molecule has 1 saturated heterocycles. The predicted octanol–water partition coefficient (Wildman–Crippen LogP) is 1.26. The number of amides is 1. The van der Waals surface area contributed by atoms with E-state index in [2.05, 4.69) is 20.5 Å². The van der Waals surface area contributed by atoms with Crippen molar-refractivity contribution in [3.05, 3.63) is 47.0 Å². The number of hydrogen-bond acceptors (Lipinski definition) is 5. The van der Waals surface area contributed by atoms with Gasteiger partial charge in [-0.05, 0) is 31.9 Å². The summed E-state index contributed by atoms with van der Waals surface area (Å²) in [5.74, 6) is -1.88. The van der Waals surface area contributed by atoms with Crippen LogP contribution >= 0.6 is 0 Å². The summed E-state index contributed by atoms with van der Waals surface area (Å²) < 4.78 is 0. The highest BCUT2D eigenvalue weighted by molar-refractivity contribution is 5.80. The maximum atomic E-state index is 12.7. The zero-order valence-electron chi connectivity index (χ0n) is 15.6. The van der Waals surface area contributed by atoms with E-state index in [4.69, 9.17) is 0 Å². The van der Waals surface area contributed by atoms with Crippen LogP contribution < -0.4 is 5.32 Å². The average molecular weight is 371 g/mol. The molecule has 0 aliphatic carbocycles. The van der Waals surface area contributed by atoms with Gasteiger partial charge in [-0.3, -0.25) is 24.6 Å². The minimum atomic E-state index is -0.856. The van der Waals surface area contributed by atoms with E-state index in [9.17, 15) is 14.7 Å². The molecule has 0 aromatic carbocycles. The van der Waals surface area contributed by atoms with Gasteiger partial charge in [0.25, 0.3) is 0 Å². The van der Waals surface area contributed by atoms with Gasteiger partial charge in [0.05, 0.1) is 17.5 Å². The summed E-state index contributed by atoms with van der Waals surface area (Å²) in [5.41, 5.74) is 3.86. The summed E-state index contributed by atoms with van der Waals surface area (Å²) in [4.78, 5) is 30.3. The third-order valence-corrected chi connectivity index (χ3v) is 5.10. The topological polar surface area (TPSA) is 111 Å². The summed E-state index contributed by atoms with van der Waals surface area (Å²) in [7, 11) is 0. The van der Waals surface area contributed by atoms with E-state index >= 15 is 0 Å². The number of carbonyl (C=O) groups is 2. The summed E-state index contributed by atoms with van der Waals surface area (Å²) in [6.07, 6.45) is 3.74. The van der Waals surface area contributed by atoms with Crippen molar-refractivity contribution in [1.82, 2.24) is 25.4 Å². The lowest BCUT2D eigenvalue weighted by molar-refractivity contribution is -0.145. The van der Waals surface area contributed by atoms with Crippen LogP contribution in [0, 0.1) is 25.7 Å². The second-order valence-electron chi connectivity index (χ2n) is 7.15. The minimum Gasteiger partial charge on any atom is -0.481 e. The largest absolute Gasteiger partial charge is 0.481 e. The number of aliphatic carboxylic acids is 1. The number of aryl methyl sites for hydroxylation is 2. The average Bonchev–Trinajstić information content (AvgIpc) is 2.98. The Balaban J connectivity index is 1.66. The van der Waals surface area contributed by atoms with Gasteiger partial charge in [-0.15, -0.1) is 0 Å². The number of aromatic nitrogens is 3. The summed E-state index contributed by atoms with van der Waals surface area (Å²) in [6.45, 7) is 5.82. The maximum Gasteiger partial charge on any atom is 0.307 e. The molecule has 0 unspecified atom stereocenters. The number of hydrogen-bond donors (Lipinski definition) is 3. The van der Waals surface area contributed by atoms with Gasteiger partial charge in [0, 0.05) is 49.8 Å². The molecule has 8 nitrogen and oxygen atoms in total. The van der Waals surface area contributed by atoms with Gasteiger partial charge in [-0.25, -0.2) is 0 Å². The fourth-order valence-electron chi connectivity index (χ4n) is 3.56. The number of nitrogens with one attached hydrogen (secondary N) is 2. The van der Waals surface area contributed by atoms with Crippen LogP contribution in [0.1, 0.15) is 28.9 Å². The van der Waals surface area contributed by atoms with Crippen molar-refractivity contribution >= 4 is 11.9 Å². The molecular formula is C19H25N5O3. The number of carboxylic acid groups (broad SMARTS) is 1. The first-order valence-electron chi connectivity index (χ1n) is 9.06. The third-order valence-electron chi connectivity index (χ3n) is 5.10. The van der Waals surface area contributed by atoms with E-state index < -0.39 is 11.9 Å². The maximum absolute atomic E-state index is 12.7. The van der Waals surface area contributed by atoms with Crippen LogP contribution in [-0.2, 0) is 22.7 Å². The van der Waals surface area contributed by atoms with Gasteiger partial charge in [-0.2, -0.15) is 5.10 Å². The van der Waals surface area contributed by atoms with Gasteiger partial charge in [0.15, 0.2) is 0 Å². The molecule has 0 saturated carbocycles. The number of nitrogens with zero attached hydrogens (tertiary/aromatic N) is 3. The quantitative estimate of drug-likeness (QED) is 0.705. The van der Waals surface area contributed by atoms with Crippen molar-refractivity contribution in [2.24, 2.45) is 11.8 Å². The second-order valence-corrected chi connectivity index (χ2v) is 7.15. The van der Waals surface area contributed by atoms with E-state index in [1.165, 1.54) is 0 Å². The summed E-state index contributed by atoms with van der Waals surface area (Å²) in [5, 5.41) is 19.6. The zero-order valence-corrected chi connectivity index (χ0v) is 15.6. The molecule has 1 aliphatic heterocycles. The van der Waals surface area contributed by atoms with Crippen molar-refractivity contribution in [3.8, 4) is 0 Å². The Morgan fingerprint density at radius 2 is 2.11 bits per heavy atom. The molecule has 1 fully saturated rings. The number of rotatable bonds is 6. The van der Waals surface area contributed by atoms with Crippen LogP contribution in [0.25, 0.3) is 0 Å². The van der Waals surface area contributed by atoms with E-state index in [1.54, 1.807) is 12.4 Å². The van der Waals surface area contributed by atoms with E-state index in [-0.39, 0.29) is 11.8 Å². The molecule has 0 spiro atoms. The normalized spacial score (nSPS) is 20.4. The number of carboxylic acids is 1. The lowest BCUT2D eigenvalue weighted by Gasteiger charge is -2.35. The molecule has 3 heterocycles. The fraction of sp³-hybridized carbons (Fsp3) is 0.474. The third kappa shape index (κ3) is 4.71. The van der Waals surface area contributed by atoms with Crippen molar-refractivity contribution in [3.63, 3.8) is 0 Å². The highest BCUT2D eigenvalue weighted by Crippen LogP contribution is 2.25. The molecule has 8 heteroatoms. The van der Waals surface area contributed by atoms with Crippen molar-refractivity contribution in [2.75, 3.05) is 13.1 Å². The van der Waals surface area contributed by atoms with Gasteiger partial charge in [0.1, 0.15) is 0 Å². The van der Waals surface area contributed by atoms with Gasteiger partial charge >= 0.3 is 5.97 Å². The number of piperidine rings is 1. The Bertz CT molecular complexity index is 785. The van der Waals surface area contributed by atoms with Crippen LogP contribution in [-0.4, -0.2) is 50.2 Å². The van der Waals surface area contributed by atoms with Crippen LogP contribution in [0.15, 0.2) is 24.5 Å². The van der Waals surface area contributed by atoms with Crippen LogP contribution in [0.5, 0.6) is 0 Å². The second kappa shape index (κ2) is 8.30. The molecule has 1 amide bonds. The van der Waals surface area contributed by atoms with Crippen molar-refractivity contribution in [1.29, 1.82) is 0 Å². The molecule has 2 atom stereocenters. The van der Waals surface area contributed by atoms with E-state index in [0.717, 1.165) is 22.5 Å². The lowest BCUT2D eigenvalue weighted by Crippen LogP contribution is -2.47. The van der Waals surface area contributed by atoms with E-state index in [1.807, 2.05) is 30.9 Å². The van der Waals surface area contributed by atoms with E-state index in [0.29, 0.717) is 32.6 Å². The zero-order chi connectivity index (χ0) is 19.4. The Morgan fingerprint density at radius 1 is 1.33 bits per heavy atom. The molecule has 0 bridgehead atoms. The molecule has 1 aliphatic rings. The monoisotopic (exact) mass is 371 g/mol. The van der Waals surface area contributed by atoms with Crippen LogP contribution in [0.3, 0.4) is 0 Å². The SMILES string of the molecule is Cc1n[nH]c(C)c1CN1C[C@@H](C(=O)O)C[C@@H](C(=O)NCc2cccnc2)C1. The molecule has 3 rings (SSSR count). The van der Waals surface area contributed by atoms with Crippen LogP contribution in [0.4, 0.5) is 0 Å². The fourth-order valence-corrected chi connectivity index (χ4v) is 3.56. The Kier molecular flexibility index (Phi) is 5.85. The van der Waals surface area contributed by atoms with Gasteiger partial charge in [0.2, 0.25) is 5.91 Å². The van der Waals surface area contributed by atoms with Crippen molar-refractivity contribution in [2.45, 2.75) is 33.4 Å². The smallest absolute Gasteiger partial charge is 0.307 e. The minimum absolute atomic E-state index is 0.115. The van der Waals surface area contributed by atoms with Gasteiger partial charge in [-0.1, -0.05) is 6.07 Å². The number of carbonyl (C=O) groups excluding carboxylic acids is 1. The first-order chi connectivity index (χ1) is 12.9. The highest BCUT2D eigenvalue weighted by atomic mass is 16.4. The Labute approximate surface area is 158 Å². The number of likely N-dealkylation sites (tertiary alicyclic amines) is 1. The molecule has 3 N–H and O–H groups in total. The number of pyridine rings is 1. The summed E-state index contributed by atoms with van der Waals surface area (Å²) in [6, 6.07) is 3.71. The van der Waals surface area contributed by atoms with Crippen molar-refractivity contribution < 1.29 is 14.7 Å². The predicted molar refractivity (Wildman–Crippen MR) is 98.7 cm³/mol. The lowest BCUT2D eigenvalue weighted by atomic mass is 9.88. The summed E-state index contributed by atoms with van der Waals surface area (Å²) >= 11 is 0. The first-order valence-corrected chi connectivity index (χ1v) is 9.06. The van der Waals surface area contributed by atoms with Crippen LogP contribution in [0.2, 0.25) is 0 Å². The Morgan fingerprint density at radius 3 is 2.74 bits per heavy atom. The standard InChI is InChI=1S/C19H25N5O3/c1-12-17(13(2)23-22-12)11-24-9-15(6-16(10-24)19(26)27)18(25)21-8-14-4-3-5-20-7-14/h3-5,7,15-16H,6,8-11H2,1-2H3,(H,21,25)(H,22,23)(H,26,27)/t15-,16+/m1/s1. The highest BCUT2D eigenvalue weighted by Gasteiger charge is 2.35. The number of H-pyrrole nitrogens is 1. The molecule has 2 aromatic heterocycles. The molecule has 27 heavy (non-hydrogen) atoms. The first kappa shape index (κ1) is 19.0. The molecule has 0 radical (unpaired) electrons. The van der Waals surface area contributed by atoms with Gasteiger partial charge < -0.3 is 10.4 Å². The molecule has 2 aromatic rings. The number of aromatic amines is 1. The Hall–Kier alpha value is -2.74.